The molecule has 22 heavy (non-hydrogen) atoms. The zero-order valence-electron chi connectivity index (χ0n) is 11.8. The van der Waals surface area contributed by atoms with Gasteiger partial charge < -0.3 is 4.42 Å². The van der Waals surface area contributed by atoms with E-state index in [0.717, 1.165) is 11.1 Å². The van der Waals surface area contributed by atoms with E-state index in [9.17, 15) is 10.1 Å². The standard InChI is InChI=1S/C17H12N2O2S/c1-11-4-6-12(7-5-11)14-9-13(10-18)17(21-14)19-16(20)15-3-2-8-22-15/h2-9H,1H3,(H,19,20). The van der Waals surface area contributed by atoms with Crippen LogP contribution < -0.4 is 5.32 Å². The van der Waals surface area contributed by atoms with Crippen molar-refractivity contribution in [3.63, 3.8) is 0 Å². The summed E-state index contributed by atoms with van der Waals surface area (Å²) in [4.78, 5) is 12.6. The number of carbonyl (C=O) groups is 1. The van der Waals surface area contributed by atoms with Crippen molar-refractivity contribution >= 4 is 23.1 Å². The summed E-state index contributed by atoms with van der Waals surface area (Å²) < 4.78 is 5.65. The molecule has 0 aliphatic heterocycles. The molecular weight excluding hydrogens is 296 g/mol. The Morgan fingerprint density at radius 3 is 2.68 bits per heavy atom. The number of nitrogens with zero attached hydrogens (tertiary/aromatic N) is 1. The third kappa shape index (κ3) is 2.78. The van der Waals surface area contributed by atoms with Crippen molar-refractivity contribution in [1.82, 2.24) is 0 Å². The second-order valence-electron chi connectivity index (χ2n) is 4.76. The van der Waals surface area contributed by atoms with Gasteiger partial charge in [0.1, 0.15) is 17.4 Å². The van der Waals surface area contributed by atoms with Crippen molar-refractivity contribution in [2.75, 3.05) is 5.32 Å². The second kappa shape index (κ2) is 5.88. The predicted octanol–water partition coefficient (Wildman–Crippen LogP) is 4.44. The number of furan rings is 1. The first-order valence-electron chi connectivity index (χ1n) is 6.63. The fourth-order valence-corrected chi connectivity index (χ4v) is 2.62. The average Bonchev–Trinajstić information content (AvgIpc) is 3.17. The molecule has 1 amide bonds. The minimum atomic E-state index is -0.281. The third-order valence-corrected chi connectivity index (χ3v) is 4.03. The predicted molar refractivity (Wildman–Crippen MR) is 85.9 cm³/mol. The van der Waals surface area contributed by atoms with Gasteiger partial charge in [-0.1, -0.05) is 35.9 Å². The van der Waals surface area contributed by atoms with E-state index in [1.165, 1.54) is 11.3 Å². The summed E-state index contributed by atoms with van der Waals surface area (Å²) in [6.07, 6.45) is 0. The number of hydrogen-bond acceptors (Lipinski definition) is 4. The number of carbonyl (C=O) groups excluding carboxylic acids is 1. The van der Waals surface area contributed by atoms with E-state index in [1.807, 2.05) is 42.6 Å². The Hall–Kier alpha value is -2.84. The van der Waals surface area contributed by atoms with E-state index in [4.69, 9.17) is 4.42 Å². The number of hydrogen-bond donors (Lipinski definition) is 1. The lowest BCUT2D eigenvalue weighted by Crippen LogP contribution is -2.10. The highest BCUT2D eigenvalue weighted by atomic mass is 32.1. The van der Waals surface area contributed by atoms with Crippen LogP contribution in [-0.2, 0) is 0 Å². The van der Waals surface area contributed by atoms with Crippen LogP contribution in [0.3, 0.4) is 0 Å². The molecule has 4 nitrogen and oxygen atoms in total. The Morgan fingerprint density at radius 1 is 1.27 bits per heavy atom. The minimum absolute atomic E-state index is 0.177. The Bertz CT molecular complexity index is 840. The lowest BCUT2D eigenvalue weighted by molar-refractivity contribution is 0.102. The van der Waals surface area contributed by atoms with Crippen molar-refractivity contribution in [2.45, 2.75) is 6.92 Å². The normalized spacial score (nSPS) is 10.2. The molecule has 0 aliphatic carbocycles. The van der Waals surface area contributed by atoms with E-state index in [1.54, 1.807) is 18.2 Å². The van der Waals surface area contributed by atoms with Gasteiger partial charge in [-0.15, -0.1) is 11.3 Å². The molecule has 1 aromatic carbocycles. The van der Waals surface area contributed by atoms with Gasteiger partial charge in [-0.3, -0.25) is 10.1 Å². The summed E-state index contributed by atoms with van der Waals surface area (Å²) in [5.74, 6) is 0.450. The lowest BCUT2D eigenvalue weighted by atomic mass is 10.1. The monoisotopic (exact) mass is 308 g/mol. The van der Waals surface area contributed by atoms with Crippen molar-refractivity contribution in [2.24, 2.45) is 0 Å². The van der Waals surface area contributed by atoms with E-state index in [-0.39, 0.29) is 11.8 Å². The lowest BCUT2D eigenvalue weighted by Gasteiger charge is -2.00. The van der Waals surface area contributed by atoms with Gasteiger partial charge in [0, 0.05) is 11.6 Å². The maximum absolute atomic E-state index is 12.1. The van der Waals surface area contributed by atoms with Crippen LogP contribution in [0.4, 0.5) is 5.88 Å². The molecule has 0 bridgehead atoms. The zero-order valence-corrected chi connectivity index (χ0v) is 12.6. The topological polar surface area (TPSA) is 66.0 Å². The first-order chi connectivity index (χ1) is 10.7. The third-order valence-electron chi connectivity index (χ3n) is 3.16. The molecule has 3 aromatic rings. The summed E-state index contributed by atoms with van der Waals surface area (Å²) in [7, 11) is 0. The van der Waals surface area contributed by atoms with Crippen molar-refractivity contribution in [3.8, 4) is 17.4 Å². The van der Waals surface area contributed by atoms with E-state index < -0.39 is 0 Å². The highest BCUT2D eigenvalue weighted by Crippen LogP contribution is 2.29. The number of amides is 1. The molecule has 3 rings (SSSR count). The largest absolute Gasteiger partial charge is 0.439 e. The number of nitrogens with one attached hydrogen (secondary N) is 1. The van der Waals surface area contributed by atoms with Gasteiger partial charge in [0.25, 0.3) is 5.91 Å². The molecule has 0 spiro atoms. The van der Waals surface area contributed by atoms with Gasteiger partial charge in [0.2, 0.25) is 5.88 Å². The molecule has 0 saturated carbocycles. The zero-order chi connectivity index (χ0) is 15.5. The maximum Gasteiger partial charge on any atom is 0.268 e. The van der Waals surface area contributed by atoms with Crippen LogP contribution >= 0.6 is 11.3 Å². The van der Waals surface area contributed by atoms with Crippen molar-refractivity contribution < 1.29 is 9.21 Å². The molecule has 0 saturated heterocycles. The van der Waals surface area contributed by atoms with Crippen LogP contribution in [0.2, 0.25) is 0 Å². The fourth-order valence-electron chi connectivity index (χ4n) is 2.00. The molecular formula is C17H12N2O2S. The Kier molecular flexibility index (Phi) is 3.77. The smallest absolute Gasteiger partial charge is 0.268 e. The Morgan fingerprint density at radius 2 is 2.05 bits per heavy atom. The molecule has 0 atom stereocenters. The maximum atomic E-state index is 12.1. The number of rotatable bonds is 3. The number of aryl methyl sites for hydroxylation is 1. The Balaban J connectivity index is 1.90. The van der Waals surface area contributed by atoms with Crippen molar-refractivity contribution in [1.29, 1.82) is 5.26 Å². The minimum Gasteiger partial charge on any atom is -0.439 e. The molecule has 108 valence electrons. The van der Waals surface area contributed by atoms with Gasteiger partial charge in [-0.25, -0.2) is 0 Å². The number of nitriles is 1. The van der Waals surface area contributed by atoms with E-state index in [0.29, 0.717) is 16.2 Å². The van der Waals surface area contributed by atoms with E-state index >= 15 is 0 Å². The number of anilines is 1. The van der Waals surface area contributed by atoms with Crippen LogP contribution in [0.5, 0.6) is 0 Å². The van der Waals surface area contributed by atoms with E-state index in [2.05, 4.69) is 5.32 Å². The highest BCUT2D eigenvalue weighted by Gasteiger charge is 2.16. The molecule has 0 aliphatic rings. The average molecular weight is 308 g/mol. The summed E-state index contributed by atoms with van der Waals surface area (Å²) in [6, 6.07) is 15.0. The molecule has 0 unspecified atom stereocenters. The molecule has 5 heteroatoms. The van der Waals surface area contributed by atoms with Gasteiger partial charge >= 0.3 is 0 Å². The summed E-state index contributed by atoms with van der Waals surface area (Å²) in [6.45, 7) is 2.00. The summed E-state index contributed by atoms with van der Waals surface area (Å²) >= 11 is 1.33. The number of thiophene rings is 1. The molecule has 1 N–H and O–H groups in total. The second-order valence-corrected chi connectivity index (χ2v) is 5.71. The van der Waals surface area contributed by atoms with Crippen LogP contribution in [0.15, 0.2) is 52.3 Å². The SMILES string of the molecule is Cc1ccc(-c2cc(C#N)c(NC(=O)c3cccs3)o2)cc1. The fraction of sp³-hybridized carbons (Fsp3) is 0.0588. The van der Waals surface area contributed by atoms with Gasteiger partial charge in [-0.2, -0.15) is 5.26 Å². The molecule has 0 fully saturated rings. The number of benzene rings is 1. The summed E-state index contributed by atoms with van der Waals surface area (Å²) in [5.41, 5.74) is 2.31. The van der Waals surface area contributed by atoms with Gasteiger partial charge in [-0.05, 0) is 18.4 Å². The Labute approximate surface area is 131 Å². The van der Waals surface area contributed by atoms with Crippen LogP contribution in [-0.4, -0.2) is 5.91 Å². The first kappa shape index (κ1) is 14.1. The molecule has 0 radical (unpaired) electrons. The van der Waals surface area contributed by atoms with Crippen LogP contribution in [0.1, 0.15) is 20.8 Å². The molecule has 2 heterocycles. The molecule has 2 aromatic heterocycles. The highest BCUT2D eigenvalue weighted by molar-refractivity contribution is 7.12. The van der Waals surface area contributed by atoms with Crippen LogP contribution in [0, 0.1) is 18.3 Å². The summed E-state index contributed by atoms with van der Waals surface area (Å²) in [5, 5.41) is 13.7. The van der Waals surface area contributed by atoms with Gasteiger partial charge in [0.05, 0.1) is 4.88 Å². The van der Waals surface area contributed by atoms with Gasteiger partial charge in [0.15, 0.2) is 0 Å². The quantitative estimate of drug-likeness (QED) is 0.777. The van der Waals surface area contributed by atoms with Crippen molar-refractivity contribution in [3.05, 3.63) is 63.8 Å². The first-order valence-corrected chi connectivity index (χ1v) is 7.51. The van der Waals surface area contributed by atoms with Crippen LogP contribution in [0.25, 0.3) is 11.3 Å².